The largest absolute Gasteiger partial charge is 0.377 e. The molecule has 1 aliphatic heterocycles. The Morgan fingerprint density at radius 2 is 1.87 bits per heavy atom. The maximum absolute atomic E-state index is 12.3. The lowest BCUT2D eigenvalue weighted by atomic mass is 9.82. The van der Waals surface area contributed by atoms with Crippen molar-refractivity contribution in [2.24, 2.45) is 11.8 Å². The van der Waals surface area contributed by atoms with Gasteiger partial charge in [-0.05, 0) is 73.7 Å². The van der Waals surface area contributed by atoms with Gasteiger partial charge in [-0.15, -0.1) is 0 Å². The van der Waals surface area contributed by atoms with Crippen molar-refractivity contribution < 1.29 is 13.2 Å². The van der Waals surface area contributed by atoms with Crippen molar-refractivity contribution in [2.75, 3.05) is 38.2 Å². The van der Waals surface area contributed by atoms with Gasteiger partial charge in [0.15, 0.2) is 0 Å². The first kappa shape index (κ1) is 26.1. The molecule has 1 aromatic carbocycles. The molecule has 0 radical (unpaired) electrons. The zero-order valence-corrected chi connectivity index (χ0v) is 20.9. The molecular formula is C26H43NO3S. The number of allylic oxidation sites excluding steroid dienone is 1. The van der Waals surface area contributed by atoms with Crippen molar-refractivity contribution in [1.82, 2.24) is 4.90 Å². The van der Waals surface area contributed by atoms with Crippen LogP contribution in [0.3, 0.4) is 0 Å². The van der Waals surface area contributed by atoms with Crippen LogP contribution < -0.4 is 0 Å². The summed E-state index contributed by atoms with van der Waals surface area (Å²) >= 11 is 0. The maximum atomic E-state index is 12.3. The quantitative estimate of drug-likeness (QED) is 0.385. The highest BCUT2D eigenvalue weighted by molar-refractivity contribution is 7.91. The Labute approximate surface area is 191 Å². The first-order chi connectivity index (χ1) is 14.8. The Morgan fingerprint density at radius 1 is 1.16 bits per heavy atom. The molecule has 0 bridgehead atoms. The van der Waals surface area contributed by atoms with Crippen molar-refractivity contribution in [1.29, 1.82) is 0 Å². The van der Waals surface area contributed by atoms with Gasteiger partial charge in [0.2, 0.25) is 0 Å². The second-order valence-electron chi connectivity index (χ2n) is 9.09. The highest BCUT2D eigenvalue weighted by atomic mass is 32.2. The summed E-state index contributed by atoms with van der Waals surface area (Å²) < 4.78 is 30.3. The van der Waals surface area contributed by atoms with Crippen LogP contribution >= 0.6 is 0 Å². The van der Waals surface area contributed by atoms with Crippen LogP contribution in [0.25, 0.3) is 5.57 Å². The van der Waals surface area contributed by atoms with E-state index < -0.39 is 9.84 Å². The van der Waals surface area contributed by atoms with Crippen molar-refractivity contribution >= 4 is 15.4 Å². The number of hydrogen-bond donors (Lipinski definition) is 0. The van der Waals surface area contributed by atoms with Crippen LogP contribution in [0.5, 0.6) is 0 Å². The number of methoxy groups -OCH3 is 1. The topological polar surface area (TPSA) is 46.6 Å². The molecule has 31 heavy (non-hydrogen) atoms. The van der Waals surface area contributed by atoms with E-state index in [4.69, 9.17) is 4.74 Å². The molecule has 5 heteroatoms. The molecule has 1 fully saturated rings. The lowest BCUT2D eigenvalue weighted by Crippen LogP contribution is -2.43. The summed E-state index contributed by atoms with van der Waals surface area (Å²) in [6.07, 6.45) is 6.41. The summed E-state index contributed by atoms with van der Waals surface area (Å²) in [5, 5.41) is 0. The van der Waals surface area contributed by atoms with Gasteiger partial charge in [-0.25, -0.2) is 8.42 Å². The number of likely N-dealkylation sites (tertiary alicyclic amines) is 1. The van der Waals surface area contributed by atoms with Crippen molar-refractivity contribution in [3.63, 3.8) is 0 Å². The fourth-order valence-electron chi connectivity index (χ4n) is 4.81. The molecule has 2 rings (SSSR count). The van der Waals surface area contributed by atoms with Crippen molar-refractivity contribution in [2.45, 2.75) is 65.4 Å². The Bertz CT molecular complexity index is 772. The minimum Gasteiger partial charge on any atom is -0.377 e. The number of sulfone groups is 1. The molecule has 3 unspecified atom stereocenters. The summed E-state index contributed by atoms with van der Waals surface area (Å²) in [6.45, 7) is 13.5. The summed E-state index contributed by atoms with van der Waals surface area (Å²) in [4.78, 5) is 2.45. The number of nitrogens with zero attached hydrogens (tertiary/aromatic N) is 1. The average Bonchev–Trinajstić information content (AvgIpc) is 2.77. The normalized spacial score (nSPS) is 21.2. The molecule has 0 aromatic heterocycles. The Kier molecular flexibility index (Phi) is 10.7. The fraction of sp³-hybridized carbons (Fsp3) is 0.692. The molecule has 0 N–H and O–H groups in total. The average molecular weight is 450 g/mol. The van der Waals surface area contributed by atoms with Crippen LogP contribution in [0.1, 0.15) is 76.5 Å². The minimum atomic E-state index is -2.96. The number of piperidine rings is 1. The second-order valence-corrected chi connectivity index (χ2v) is 11.5. The van der Waals surface area contributed by atoms with E-state index in [-0.39, 0.29) is 17.8 Å². The van der Waals surface area contributed by atoms with Crippen LogP contribution in [0.4, 0.5) is 0 Å². The number of benzene rings is 1. The van der Waals surface area contributed by atoms with Crippen molar-refractivity contribution in [3.8, 4) is 0 Å². The van der Waals surface area contributed by atoms with E-state index in [1.54, 1.807) is 14.0 Å². The van der Waals surface area contributed by atoms with Gasteiger partial charge in [-0.1, -0.05) is 58.0 Å². The van der Waals surface area contributed by atoms with Gasteiger partial charge >= 0.3 is 0 Å². The first-order valence-electron chi connectivity index (χ1n) is 12.1. The predicted octanol–water partition coefficient (Wildman–Crippen LogP) is 5.75. The molecule has 3 atom stereocenters. The number of hydrogen-bond acceptors (Lipinski definition) is 4. The van der Waals surface area contributed by atoms with Crippen molar-refractivity contribution in [3.05, 3.63) is 42.0 Å². The van der Waals surface area contributed by atoms with E-state index in [1.165, 1.54) is 11.1 Å². The summed E-state index contributed by atoms with van der Waals surface area (Å²) in [5.41, 5.74) is 3.54. The van der Waals surface area contributed by atoms with Crippen LogP contribution in [-0.4, -0.2) is 51.6 Å². The molecular weight excluding hydrogens is 406 g/mol. The third-order valence-electron chi connectivity index (χ3n) is 6.77. The van der Waals surface area contributed by atoms with Crippen LogP contribution in [-0.2, 0) is 14.6 Å². The van der Waals surface area contributed by atoms with E-state index in [0.29, 0.717) is 11.7 Å². The highest BCUT2D eigenvalue weighted by Crippen LogP contribution is 2.32. The SMILES string of the molecule is C=C(CCC1CCN(CCC)CC1CS(=O)(=O)CC)c1ccc(C(CCC)OC)cc1. The molecule has 1 heterocycles. The zero-order chi connectivity index (χ0) is 22.9. The monoisotopic (exact) mass is 449 g/mol. The van der Waals surface area contributed by atoms with E-state index in [9.17, 15) is 8.42 Å². The van der Waals surface area contributed by atoms with Gasteiger partial charge in [-0.3, -0.25) is 0 Å². The second kappa shape index (κ2) is 12.8. The standard InChI is InChI=1S/C26H43NO3S/c1-6-9-26(30-5)24-14-12-22(13-15-24)21(4)10-11-23-16-18-27(17-7-2)19-25(23)20-31(28,29)8-3/h12-15,23,25-26H,4,6-11,16-20H2,1-3,5H3. The molecule has 4 nitrogen and oxygen atoms in total. The van der Waals surface area contributed by atoms with E-state index in [0.717, 1.165) is 63.7 Å². The lowest BCUT2D eigenvalue weighted by molar-refractivity contribution is 0.0950. The maximum Gasteiger partial charge on any atom is 0.150 e. The van der Waals surface area contributed by atoms with E-state index in [1.807, 2.05) is 0 Å². The van der Waals surface area contributed by atoms with Gasteiger partial charge in [-0.2, -0.15) is 0 Å². The zero-order valence-electron chi connectivity index (χ0n) is 20.1. The molecule has 0 saturated carbocycles. The smallest absolute Gasteiger partial charge is 0.150 e. The summed E-state index contributed by atoms with van der Waals surface area (Å²) in [6, 6.07) is 8.62. The molecule has 1 aliphatic rings. The predicted molar refractivity (Wildman–Crippen MR) is 132 cm³/mol. The molecule has 0 amide bonds. The molecule has 1 saturated heterocycles. The molecule has 0 aliphatic carbocycles. The van der Waals surface area contributed by atoms with Gasteiger partial charge < -0.3 is 9.64 Å². The molecule has 176 valence electrons. The van der Waals surface area contributed by atoms with Gasteiger partial charge in [0, 0.05) is 19.4 Å². The lowest BCUT2D eigenvalue weighted by Gasteiger charge is -2.38. The Hall–Kier alpha value is -1.17. The van der Waals surface area contributed by atoms with E-state index >= 15 is 0 Å². The Morgan fingerprint density at radius 3 is 2.45 bits per heavy atom. The molecule has 0 spiro atoms. The van der Waals surface area contributed by atoms with Gasteiger partial charge in [0.25, 0.3) is 0 Å². The number of rotatable bonds is 13. The van der Waals surface area contributed by atoms with Crippen LogP contribution in [0.15, 0.2) is 30.8 Å². The van der Waals surface area contributed by atoms with E-state index in [2.05, 4.69) is 49.6 Å². The number of ether oxygens (including phenoxy) is 1. The van der Waals surface area contributed by atoms with Gasteiger partial charge in [0.1, 0.15) is 9.84 Å². The fourth-order valence-corrected chi connectivity index (χ4v) is 6.07. The third kappa shape index (κ3) is 8.03. The highest BCUT2D eigenvalue weighted by Gasteiger charge is 2.31. The van der Waals surface area contributed by atoms with Crippen LogP contribution in [0, 0.1) is 11.8 Å². The summed E-state index contributed by atoms with van der Waals surface area (Å²) in [5.74, 6) is 1.25. The Balaban J connectivity index is 1.99. The van der Waals surface area contributed by atoms with Crippen LogP contribution in [0.2, 0.25) is 0 Å². The minimum absolute atomic E-state index is 0.155. The third-order valence-corrected chi connectivity index (χ3v) is 8.58. The van der Waals surface area contributed by atoms with Gasteiger partial charge in [0.05, 0.1) is 11.9 Å². The molecule has 1 aromatic rings. The summed E-state index contributed by atoms with van der Waals surface area (Å²) in [7, 11) is -1.19. The first-order valence-corrected chi connectivity index (χ1v) is 13.9.